The van der Waals surface area contributed by atoms with Crippen LogP contribution < -0.4 is 14.4 Å². The monoisotopic (exact) mass is 497 g/mol. The molecule has 0 unspecified atom stereocenters. The molecule has 3 aromatic carbocycles. The summed E-state index contributed by atoms with van der Waals surface area (Å²) >= 11 is 0. The minimum absolute atomic E-state index is 0.113. The first-order valence-corrected chi connectivity index (χ1v) is 13.2. The van der Waals surface area contributed by atoms with Gasteiger partial charge in [-0.3, -0.25) is 13.9 Å². The normalized spacial score (nSPS) is 12.1. The van der Waals surface area contributed by atoms with Crippen LogP contribution in [0.4, 0.5) is 5.69 Å². The number of methoxy groups -OCH3 is 1. The molecule has 0 spiro atoms. The highest BCUT2D eigenvalue weighted by Crippen LogP contribution is 2.28. The molecule has 0 heterocycles. The number of benzene rings is 3. The van der Waals surface area contributed by atoms with Gasteiger partial charge in [0.05, 0.1) is 19.1 Å². The maximum atomic E-state index is 13.6. The Bertz CT molecular complexity index is 1300. The van der Waals surface area contributed by atoms with E-state index in [4.69, 9.17) is 4.74 Å². The largest absolute Gasteiger partial charge is 0.497 e. The molecule has 0 saturated heterocycles. The second-order valence-electron chi connectivity index (χ2n) is 8.21. The van der Waals surface area contributed by atoms with Crippen molar-refractivity contribution in [1.82, 2.24) is 10.2 Å². The van der Waals surface area contributed by atoms with E-state index in [0.29, 0.717) is 23.4 Å². The minimum atomic E-state index is -3.81. The molecule has 35 heavy (non-hydrogen) atoms. The van der Waals surface area contributed by atoms with E-state index < -0.39 is 28.5 Å². The lowest BCUT2D eigenvalue weighted by atomic mass is 10.1. The first kappa shape index (κ1) is 26.0. The first-order chi connectivity index (χ1) is 16.7. The van der Waals surface area contributed by atoms with E-state index in [1.807, 2.05) is 36.4 Å². The summed E-state index contributed by atoms with van der Waals surface area (Å²) in [5, 5.41) is 4.31. The maximum absolute atomic E-state index is 13.6. The van der Waals surface area contributed by atoms with Gasteiger partial charge >= 0.3 is 0 Å². The second kappa shape index (κ2) is 11.2. The third-order valence-electron chi connectivity index (χ3n) is 5.72. The minimum Gasteiger partial charge on any atom is -0.497 e. The predicted molar refractivity (Wildman–Crippen MR) is 138 cm³/mol. The average molecular weight is 498 g/mol. The van der Waals surface area contributed by atoms with E-state index in [0.717, 1.165) is 21.5 Å². The van der Waals surface area contributed by atoms with Gasteiger partial charge in [0.25, 0.3) is 0 Å². The average Bonchev–Trinajstić information content (AvgIpc) is 2.84. The third-order valence-corrected chi connectivity index (χ3v) is 6.85. The third kappa shape index (κ3) is 6.30. The maximum Gasteiger partial charge on any atom is 0.244 e. The van der Waals surface area contributed by atoms with E-state index in [1.54, 1.807) is 51.3 Å². The number of rotatable bonds is 10. The van der Waals surface area contributed by atoms with Crippen LogP contribution in [0.15, 0.2) is 66.7 Å². The number of fused-ring (bicyclic) bond motifs is 1. The van der Waals surface area contributed by atoms with Gasteiger partial charge in [-0.1, -0.05) is 48.5 Å². The summed E-state index contributed by atoms with van der Waals surface area (Å²) in [6.45, 7) is 3.51. The van der Waals surface area contributed by atoms with Gasteiger partial charge < -0.3 is 15.0 Å². The molecule has 9 heteroatoms. The number of hydrogen-bond acceptors (Lipinski definition) is 5. The van der Waals surface area contributed by atoms with Crippen LogP contribution in [0.25, 0.3) is 10.8 Å². The number of nitrogens with zero attached hydrogens (tertiary/aromatic N) is 2. The highest BCUT2D eigenvalue weighted by Gasteiger charge is 2.30. The van der Waals surface area contributed by atoms with Crippen LogP contribution in [0.1, 0.15) is 19.4 Å². The van der Waals surface area contributed by atoms with Crippen LogP contribution in [0.5, 0.6) is 5.75 Å². The SMILES string of the molecule is CCNC(=O)[C@H](C)N(Cc1cccc(OC)c1)C(=O)CN(c1cccc2ccccc12)S(C)(=O)=O. The highest BCUT2D eigenvalue weighted by molar-refractivity contribution is 7.92. The summed E-state index contributed by atoms with van der Waals surface area (Å²) in [6.07, 6.45) is 1.07. The number of amides is 2. The summed E-state index contributed by atoms with van der Waals surface area (Å²) in [7, 11) is -2.26. The lowest BCUT2D eigenvalue weighted by molar-refractivity contribution is -0.139. The molecule has 3 rings (SSSR count). The fraction of sp³-hybridized carbons (Fsp3) is 0.308. The lowest BCUT2D eigenvalue weighted by Gasteiger charge is -2.31. The summed E-state index contributed by atoms with van der Waals surface area (Å²) in [6, 6.07) is 19.1. The zero-order chi connectivity index (χ0) is 25.6. The molecular formula is C26H31N3O5S. The van der Waals surface area contributed by atoms with Crippen molar-refractivity contribution in [3.8, 4) is 5.75 Å². The highest BCUT2D eigenvalue weighted by atomic mass is 32.2. The Hall–Kier alpha value is -3.59. The molecule has 8 nitrogen and oxygen atoms in total. The Labute approximate surface area is 206 Å². The molecular weight excluding hydrogens is 466 g/mol. The number of anilines is 1. The molecule has 0 bridgehead atoms. The van der Waals surface area contributed by atoms with Crippen molar-refractivity contribution in [2.75, 3.05) is 30.8 Å². The number of carbonyl (C=O) groups excluding carboxylic acids is 2. The summed E-state index contributed by atoms with van der Waals surface area (Å²) in [5.74, 6) is -0.196. The van der Waals surface area contributed by atoms with Crippen LogP contribution >= 0.6 is 0 Å². The van der Waals surface area contributed by atoms with Crippen molar-refractivity contribution in [2.24, 2.45) is 0 Å². The van der Waals surface area contributed by atoms with Crippen molar-refractivity contribution < 1.29 is 22.7 Å². The Morgan fingerprint density at radius 1 is 1.03 bits per heavy atom. The molecule has 0 radical (unpaired) electrons. The van der Waals surface area contributed by atoms with Crippen LogP contribution in [0.2, 0.25) is 0 Å². The van der Waals surface area contributed by atoms with E-state index in [2.05, 4.69) is 5.32 Å². The first-order valence-electron chi connectivity index (χ1n) is 11.3. The van der Waals surface area contributed by atoms with Crippen molar-refractivity contribution in [3.05, 3.63) is 72.3 Å². The van der Waals surface area contributed by atoms with Gasteiger partial charge in [-0.15, -0.1) is 0 Å². The van der Waals surface area contributed by atoms with Crippen LogP contribution in [0.3, 0.4) is 0 Å². The molecule has 0 saturated carbocycles. The molecule has 0 aliphatic rings. The summed E-state index contributed by atoms with van der Waals surface area (Å²) in [4.78, 5) is 27.7. The molecule has 0 aliphatic carbocycles. The van der Waals surface area contributed by atoms with Gasteiger partial charge in [-0.2, -0.15) is 0 Å². The number of carbonyl (C=O) groups is 2. The van der Waals surface area contributed by atoms with Crippen molar-refractivity contribution in [2.45, 2.75) is 26.4 Å². The van der Waals surface area contributed by atoms with Crippen LogP contribution in [-0.4, -0.2) is 57.6 Å². The molecule has 0 aliphatic heterocycles. The van der Waals surface area contributed by atoms with Crippen LogP contribution in [0, 0.1) is 0 Å². The van der Waals surface area contributed by atoms with Gasteiger partial charge in [-0.25, -0.2) is 8.42 Å². The van der Waals surface area contributed by atoms with E-state index in [9.17, 15) is 18.0 Å². The standard InChI is InChI=1S/C26H31N3O5S/c1-5-27-26(31)19(2)28(17-20-10-8-13-22(16-20)34-3)25(30)18-29(35(4,32)33)24-15-9-12-21-11-6-7-14-23(21)24/h6-16,19H,5,17-18H2,1-4H3,(H,27,31)/t19-/m0/s1. The molecule has 186 valence electrons. The zero-order valence-corrected chi connectivity index (χ0v) is 21.2. The lowest BCUT2D eigenvalue weighted by Crippen LogP contribution is -2.51. The Balaban J connectivity index is 2.00. The zero-order valence-electron chi connectivity index (χ0n) is 20.4. The van der Waals surface area contributed by atoms with Gasteiger partial charge in [-0.05, 0) is 43.0 Å². The number of likely N-dealkylation sites (N-methyl/N-ethyl adjacent to an activating group) is 1. The van der Waals surface area contributed by atoms with Gasteiger partial charge in [0, 0.05) is 18.5 Å². The van der Waals surface area contributed by atoms with E-state index in [-0.39, 0.29) is 12.5 Å². The number of ether oxygens (including phenoxy) is 1. The topological polar surface area (TPSA) is 96.0 Å². The van der Waals surface area contributed by atoms with Crippen LogP contribution in [-0.2, 0) is 26.2 Å². The molecule has 1 N–H and O–H groups in total. The van der Waals surface area contributed by atoms with Gasteiger partial charge in [0.2, 0.25) is 21.8 Å². The Kier molecular flexibility index (Phi) is 8.34. The van der Waals surface area contributed by atoms with E-state index in [1.165, 1.54) is 4.90 Å². The fourth-order valence-corrected chi connectivity index (χ4v) is 4.75. The molecule has 2 amide bonds. The predicted octanol–water partition coefficient (Wildman–Crippen LogP) is 3.17. The van der Waals surface area contributed by atoms with Gasteiger partial charge in [0.15, 0.2) is 0 Å². The summed E-state index contributed by atoms with van der Waals surface area (Å²) < 4.78 is 32.1. The molecule has 0 aromatic heterocycles. The van der Waals surface area contributed by atoms with E-state index >= 15 is 0 Å². The molecule has 1 atom stereocenters. The quantitative estimate of drug-likeness (QED) is 0.464. The number of hydrogen-bond donors (Lipinski definition) is 1. The molecule has 0 fully saturated rings. The number of nitrogens with one attached hydrogen (secondary N) is 1. The summed E-state index contributed by atoms with van der Waals surface area (Å²) in [5.41, 5.74) is 1.16. The molecule has 3 aromatic rings. The Morgan fingerprint density at radius 3 is 2.40 bits per heavy atom. The smallest absolute Gasteiger partial charge is 0.244 e. The number of sulfonamides is 1. The fourth-order valence-electron chi connectivity index (χ4n) is 3.89. The second-order valence-corrected chi connectivity index (χ2v) is 10.1. The van der Waals surface area contributed by atoms with Crippen molar-refractivity contribution >= 4 is 38.3 Å². The van der Waals surface area contributed by atoms with Crippen molar-refractivity contribution in [3.63, 3.8) is 0 Å². The Morgan fingerprint density at radius 2 is 1.71 bits per heavy atom. The van der Waals surface area contributed by atoms with Crippen molar-refractivity contribution in [1.29, 1.82) is 0 Å². The van der Waals surface area contributed by atoms with Gasteiger partial charge in [0.1, 0.15) is 18.3 Å².